The molecule has 3 rings (SSSR count). The molecular formula is C20H21N3O3. The van der Waals surface area contributed by atoms with Crippen molar-refractivity contribution >= 4 is 11.6 Å². The number of para-hydroxylation sites is 2. The van der Waals surface area contributed by atoms with Crippen molar-refractivity contribution < 1.29 is 14.3 Å². The minimum absolute atomic E-state index is 0.276. The van der Waals surface area contributed by atoms with Gasteiger partial charge in [0.2, 0.25) is 0 Å². The van der Waals surface area contributed by atoms with E-state index in [0.29, 0.717) is 36.0 Å². The van der Waals surface area contributed by atoms with Crippen molar-refractivity contribution in [1.82, 2.24) is 10.2 Å². The molecule has 1 aromatic heterocycles. The Morgan fingerprint density at radius 1 is 1.04 bits per heavy atom. The number of hydrogen-bond acceptors (Lipinski definition) is 4. The molecule has 0 spiro atoms. The van der Waals surface area contributed by atoms with Gasteiger partial charge in [-0.05, 0) is 56.3 Å². The van der Waals surface area contributed by atoms with Gasteiger partial charge >= 0.3 is 0 Å². The number of hydrogen-bond donors (Lipinski definition) is 2. The lowest BCUT2D eigenvalue weighted by Gasteiger charge is -2.10. The number of H-pyrrole nitrogens is 1. The summed E-state index contributed by atoms with van der Waals surface area (Å²) in [4.78, 5) is 12.5. The number of aromatic nitrogens is 2. The number of carbonyl (C=O) groups is 1. The third-order valence-corrected chi connectivity index (χ3v) is 3.72. The largest absolute Gasteiger partial charge is 0.494 e. The number of rotatable bonds is 7. The Hall–Kier alpha value is -3.28. The first-order chi connectivity index (χ1) is 12.7. The molecule has 2 N–H and O–H groups in total. The van der Waals surface area contributed by atoms with E-state index in [1.165, 1.54) is 0 Å². The number of amides is 1. The van der Waals surface area contributed by atoms with Crippen molar-refractivity contribution in [2.75, 3.05) is 18.5 Å². The van der Waals surface area contributed by atoms with Crippen LogP contribution >= 0.6 is 0 Å². The van der Waals surface area contributed by atoms with Gasteiger partial charge in [0.1, 0.15) is 17.2 Å². The number of nitrogens with one attached hydrogen (secondary N) is 2. The van der Waals surface area contributed by atoms with E-state index in [0.717, 1.165) is 11.3 Å². The van der Waals surface area contributed by atoms with Gasteiger partial charge in [-0.15, -0.1) is 0 Å². The number of ether oxygens (including phenoxy) is 2. The van der Waals surface area contributed by atoms with Crippen LogP contribution in [0, 0.1) is 0 Å². The highest BCUT2D eigenvalue weighted by Crippen LogP contribution is 2.25. The summed E-state index contributed by atoms with van der Waals surface area (Å²) < 4.78 is 11.0. The predicted molar refractivity (Wildman–Crippen MR) is 101 cm³/mol. The smallest absolute Gasteiger partial charge is 0.273 e. The number of carbonyl (C=O) groups excluding carboxylic acids is 1. The third kappa shape index (κ3) is 4.03. The van der Waals surface area contributed by atoms with Gasteiger partial charge in [0.05, 0.1) is 24.6 Å². The molecule has 134 valence electrons. The van der Waals surface area contributed by atoms with Crippen LogP contribution in [0.25, 0.3) is 11.3 Å². The Bertz CT molecular complexity index is 872. The van der Waals surface area contributed by atoms with Crippen molar-refractivity contribution in [3.63, 3.8) is 0 Å². The van der Waals surface area contributed by atoms with E-state index < -0.39 is 0 Å². The lowest BCUT2D eigenvalue weighted by molar-refractivity contribution is 0.102. The molecule has 0 bridgehead atoms. The SMILES string of the molecule is CCOc1ccc(-c2cc(C(=O)Nc3ccccc3OCC)[nH]n2)cc1. The number of benzene rings is 2. The van der Waals surface area contributed by atoms with E-state index in [2.05, 4.69) is 15.5 Å². The highest BCUT2D eigenvalue weighted by Gasteiger charge is 2.13. The van der Waals surface area contributed by atoms with Crippen LogP contribution in [0.4, 0.5) is 5.69 Å². The molecule has 3 aromatic rings. The molecular weight excluding hydrogens is 330 g/mol. The molecule has 0 saturated heterocycles. The summed E-state index contributed by atoms with van der Waals surface area (Å²) in [6, 6.07) is 16.6. The van der Waals surface area contributed by atoms with E-state index in [-0.39, 0.29) is 5.91 Å². The van der Waals surface area contributed by atoms with Gasteiger partial charge in [0.25, 0.3) is 5.91 Å². The second-order valence-electron chi connectivity index (χ2n) is 5.51. The summed E-state index contributed by atoms with van der Waals surface area (Å²) in [5.41, 5.74) is 2.59. The van der Waals surface area contributed by atoms with Crippen molar-refractivity contribution in [3.05, 3.63) is 60.3 Å². The minimum Gasteiger partial charge on any atom is -0.494 e. The fourth-order valence-corrected chi connectivity index (χ4v) is 2.52. The molecule has 0 aliphatic rings. The van der Waals surface area contributed by atoms with Gasteiger partial charge in [-0.3, -0.25) is 9.89 Å². The normalized spacial score (nSPS) is 10.4. The zero-order valence-corrected chi connectivity index (χ0v) is 14.8. The zero-order valence-electron chi connectivity index (χ0n) is 14.8. The van der Waals surface area contributed by atoms with Crippen LogP contribution < -0.4 is 14.8 Å². The van der Waals surface area contributed by atoms with Crippen LogP contribution in [0.2, 0.25) is 0 Å². The van der Waals surface area contributed by atoms with Gasteiger partial charge in [-0.1, -0.05) is 12.1 Å². The van der Waals surface area contributed by atoms with Gasteiger partial charge in [0, 0.05) is 5.56 Å². The van der Waals surface area contributed by atoms with Gasteiger partial charge in [-0.25, -0.2) is 0 Å². The van der Waals surface area contributed by atoms with Crippen LogP contribution in [0.3, 0.4) is 0 Å². The van der Waals surface area contributed by atoms with Crippen molar-refractivity contribution in [1.29, 1.82) is 0 Å². The van der Waals surface area contributed by atoms with Crippen molar-refractivity contribution in [2.45, 2.75) is 13.8 Å². The summed E-state index contributed by atoms with van der Waals surface area (Å²) in [6.45, 7) is 4.99. The molecule has 0 aliphatic carbocycles. The Morgan fingerprint density at radius 2 is 1.77 bits per heavy atom. The molecule has 0 radical (unpaired) electrons. The molecule has 0 fully saturated rings. The van der Waals surface area contributed by atoms with E-state index in [1.807, 2.05) is 56.3 Å². The maximum Gasteiger partial charge on any atom is 0.273 e. The standard InChI is InChI=1S/C20H21N3O3/c1-3-25-15-11-9-14(10-12-15)17-13-18(23-22-17)20(24)21-16-7-5-6-8-19(16)26-4-2/h5-13H,3-4H2,1-2H3,(H,21,24)(H,22,23). The van der Waals surface area contributed by atoms with Gasteiger partial charge in [0.15, 0.2) is 0 Å². The number of aromatic amines is 1. The summed E-state index contributed by atoms with van der Waals surface area (Å²) in [7, 11) is 0. The first kappa shape index (κ1) is 17.5. The molecule has 1 amide bonds. The number of anilines is 1. The van der Waals surface area contributed by atoms with Crippen LogP contribution in [-0.2, 0) is 0 Å². The predicted octanol–water partition coefficient (Wildman–Crippen LogP) is 4.13. The summed E-state index contributed by atoms with van der Waals surface area (Å²) in [5.74, 6) is 1.16. The zero-order chi connectivity index (χ0) is 18.4. The molecule has 1 heterocycles. The molecule has 0 atom stereocenters. The molecule has 0 saturated carbocycles. The molecule has 26 heavy (non-hydrogen) atoms. The summed E-state index contributed by atoms with van der Waals surface area (Å²) in [6.07, 6.45) is 0. The Kier molecular flexibility index (Phi) is 5.53. The van der Waals surface area contributed by atoms with Crippen LogP contribution in [0.1, 0.15) is 24.3 Å². The van der Waals surface area contributed by atoms with Gasteiger partial charge < -0.3 is 14.8 Å². The molecule has 2 aromatic carbocycles. The fraction of sp³-hybridized carbons (Fsp3) is 0.200. The Balaban J connectivity index is 1.74. The quantitative estimate of drug-likeness (QED) is 0.671. The number of nitrogens with zero attached hydrogens (tertiary/aromatic N) is 1. The summed E-state index contributed by atoms with van der Waals surface area (Å²) in [5, 5.41) is 9.85. The first-order valence-electron chi connectivity index (χ1n) is 8.53. The van der Waals surface area contributed by atoms with Crippen molar-refractivity contribution in [3.8, 4) is 22.8 Å². The van der Waals surface area contributed by atoms with E-state index in [4.69, 9.17) is 9.47 Å². The lowest BCUT2D eigenvalue weighted by atomic mass is 10.1. The highest BCUT2D eigenvalue weighted by molar-refractivity contribution is 6.04. The van der Waals surface area contributed by atoms with Crippen LogP contribution in [-0.4, -0.2) is 29.3 Å². The van der Waals surface area contributed by atoms with Crippen LogP contribution in [0.5, 0.6) is 11.5 Å². The molecule has 6 heteroatoms. The van der Waals surface area contributed by atoms with Gasteiger partial charge in [-0.2, -0.15) is 5.10 Å². The minimum atomic E-state index is -0.276. The molecule has 6 nitrogen and oxygen atoms in total. The monoisotopic (exact) mass is 351 g/mol. The third-order valence-electron chi connectivity index (χ3n) is 3.72. The Labute approximate surface area is 152 Å². The molecule has 0 unspecified atom stereocenters. The van der Waals surface area contributed by atoms with E-state index in [9.17, 15) is 4.79 Å². The Morgan fingerprint density at radius 3 is 2.50 bits per heavy atom. The second kappa shape index (κ2) is 8.20. The maximum absolute atomic E-state index is 12.5. The van der Waals surface area contributed by atoms with Crippen LogP contribution in [0.15, 0.2) is 54.6 Å². The molecule has 0 aliphatic heterocycles. The fourth-order valence-electron chi connectivity index (χ4n) is 2.52. The highest BCUT2D eigenvalue weighted by atomic mass is 16.5. The average molecular weight is 351 g/mol. The maximum atomic E-state index is 12.5. The second-order valence-corrected chi connectivity index (χ2v) is 5.51. The lowest BCUT2D eigenvalue weighted by Crippen LogP contribution is -2.13. The summed E-state index contributed by atoms with van der Waals surface area (Å²) >= 11 is 0. The van der Waals surface area contributed by atoms with E-state index in [1.54, 1.807) is 12.1 Å². The first-order valence-corrected chi connectivity index (χ1v) is 8.53. The average Bonchev–Trinajstić information content (AvgIpc) is 3.15. The van der Waals surface area contributed by atoms with E-state index >= 15 is 0 Å². The van der Waals surface area contributed by atoms with Crippen molar-refractivity contribution in [2.24, 2.45) is 0 Å². The topological polar surface area (TPSA) is 76.2 Å².